The number of hydrogen-bond donors (Lipinski definition) is 7. The number of carboxylic acid groups (broad SMARTS) is 1. The van der Waals surface area contributed by atoms with Crippen molar-refractivity contribution in [2.45, 2.75) is 130 Å². The number of ketones is 1. The van der Waals surface area contributed by atoms with Gasteiger partial charge < -0.3 is 46.1 Å². The van der Waals surface area contributed by atoms with E-state index in [1.54, 1.807) is 50.3 Å². The first-order valence-corrected chi connectivity index (χ1v) is 20.4. The zero-order valence-corrected chi connectivity index (χ0v) is 35.8. The molecule has 8 N–H and O–H groups in total. The number of aliphatic hydroxyl groups excluding tert-OH is 4. The number of nitrogens with one attached hydrogen (secondary N) is 1. The van der Waals surface area contributed by atoms with E-state index in [1.807, 2.05) is 32.1 Å². The number of aliphatic hydroxyl groups is 4. The lowest BCUT2D eigenvalue weighted by atomic mass is 9.92. The summed E-state index contributed by atoms with van der Waals surface area (Å²) in [5.41, 5.74) is 6.33. The summed E-state index contributed by atoms with van der Waals surface area (Å²) in [6, 6.07) is 0. The highest BCUT2D eigenvalue weighted by atomic mass is 16.7. The Morgan fingerprint density at radius 3 is 2.10 bits per heavy atom. The van der Waals surface area contributed by atoms with Crippen LogP contribution in [0.25, 0.3) is 0 Å². The maximum Gasteiger partial charge on any atom is 0.335 e. The molecule has 9 unspecified atom stereocenters. The van der Waals surface area contributed by atoms with Crippen LogP contribution in [0.3, 0.4) is 0 Å². The first-order chi connectivity index (χ1) is 28.0. The number of aliphatic carboxylic acids is 1. The van der Waals surface area contributed by atoms with Gasteiger partial charge >= 0.3 is 5.97 Å². The fourth-order valence-corrected chi connectivity index (χ4v) is 6.04. The molecule has 328 valence electrons. The third-order valence-corrected chi connectivity index (χ3v) is 9.50. The van der Waals surface area contributed by atoms with Crippen molar-refractivity contribution in [3.8, 4) is 0 Å². The van der Waals surface area contributed by atoms with Crippen LogP contribution >= 0.6 is 0 Å². The zero-order valence-electron chi connectivity index (χ0n) is 35.8. The number of amides is 1. The molecule has 1 fully saturated rings. The third kappa shape index (κ3) is 20.7. The monoisotopic (exact) mass is 823 g/mol. The van der Waals surface area contributed by atoms with Gasteiger partial charge in [-0.15, -0.1) is 0 Å². The van der Waals surface area contributed by atoms with Gasteiger partial charge in [-0.1, -0.05) is 113 Å². The molecule has 13 heteroatoms. The molecule has 0 aromatic rings. The molecule has 0 bridgehead atoms. The summed E-state index contributed by atoms with van der Waals surface area (Å²) in [7, 11) is 0. The minimum Gasteiger partial charge on any atom is -0.510 e. The van der Waals surface area contributed by atoms with Crippen molar-refractivity contribution in [2.24, 2.45) is 28.5 Å². The van der Waals surface area contributed by atoms with Crippen LogP contribution in [0.2, 0.25) is 0 Å². The molecule has 0 aliphatic carbocycles. The minimum atomic E-state index is -1.83. The van der Waals surface area contributed by atoms with Gasteiger partial charge in [-0.25, -0.2) is 4.79 Å². The van der Waals surface area contributed by atoms with Crippen LogP contribution in [0.4, 0.5) is 0 Å². The smallest absolute Gasteiger partial charge is 0.335 e. The molecule has 13 nitrogen and oxygen atoms in total. The van der Waals surface area contributed by atoms with Crippen molar-refractivity contribution in [1.82, 2.24) is 5.32 Å². The van der Waals surface area contributed by atoms with E-state index in [2.05, 4.69) is 54.5 Å². The van der Waals surface area contributed by atoms with Crippen molar-refractivity contribution in [1.29, 1.82) is 0 Å². The number of carboxylic acids is 1. The van der Waals surface area contributed by atoms with Crippen LogP contribution in [0.15, 0.2) is 113 Å². The standard InChI is InChI=1S/C46H69N3O10/c1-8-37(51)38(36(7)50)49-44(55)34(5)27-21-13-11-9-10-12-20-26-33(4)42(58-46-41(54)39(52)40(53)43(59-46)45(56)57)35(6)29-32(3)25-19-16-18-24-31(2)23-17-14-15-22-28-48-30-47/h9-14,17-18,20-21,24,26-27,29-33,39-43,46,51-54H,8,15-16,19,22-23,25,28H2,1-7H3,(H2,47,48)(H,49,55)(H,56,57)/b11-9+,12-10+,17-14+,21-13+,24-18+,26-20+,34-27+,35-29+,38-37-. The van der Waals surface area contributed by atoms with Crippen LogP contribution in [-0.2, 0) is 23.9 Å². The molecule has 1 saturated heterocycles. The lowest BCUT2D eigenvalue weighted by molar-refractivity contribution is -0.303. The van der Waals surface area contributed by atoms with Gasteiger partial charge in [0.1, 0.15) is 29.8 Å². The molecular weight excluding hydrogens is 755 g/mol. The number of carbonyl (C=O) groups is 3. The Labute approximate surface area is 350 Å². The highest BCUT2D eigenvalue weighted by Gasteiger charge is 2.48. The summed E-state index contributed by atoms with van der Waals surface area (Å²) in [4.78, 5) is 39.9. The van der Waals surface area contributed by atoms with Crippen molar-refractivity contribution < 1.29 is 49.4 Å². The maximum absolute atomic E-state index is 12.4. The number of ether oxygens (including phenoxy) is 2. The van der Waals surface area contributed by atoms with Crippen LogP contribution in [0, 0.1) is 17.8 Å². The van der Waals surface area contributed by atoms with Crippen molar-refractivity contribution in [2.75, 3.05) is 6.54 Å². The number of aliphatic imine (C=N–C) groups is 1. The topological polar surface area (TPSA) is 221 Å². The summed E-state index contributed by atoms with van der Waals surface area (Å²) in [6.45, 7) is 13.4. The first kappa shape index (κ1) is 52.4. The molecule has 0 aromatic carbocycles. The highest BCUT2D eigenvalue weighted by molar-refractivity contribution is 6.02. The average Bonchev–Trinajstić information content (AvgIpc) is 3.19. The van der Waals surface area contributed by atoms with Gasteiger partial charge in [0.05, 0.1) is 12.4 Å². The second kappa shape index (κ2) is 29.5. The molecule has 59 heavy (non-hydrogen) atoms. The van der Waals surface area contributed by atoms with Crippen LogP contribution in [0.5, 0.6) is 0 Å². The van der Waals surface area contributed by atoms with Crippen LogP contribution in [0.1, 0.15) is 93.4 Å². The summed E-state index contributed by atoms with van der Waals surface area (Å²) < 4.78 is 11.7. The summed E-state index contributed by atoms with van der Waals surface area (Å²) in [5.74, 6) is -2.27. The van der Waals surface area contributed by atoms with Gasteiger partial charge in [0, 0.05) is 31.4 Å². The normalized spacial score (nSPS) is 23.6. The van der Waals surface area contributed by atoms with Crippen LogP contribution in [-0.4, -0.2) is 92.9 Å². The minimum absolute atomic E-state index is 0.118. The van der Waals surface area contributed by atoms with Gasteiger partial charge in [-0.3, -0.25) is 14.6 Å². The lowest BCUT2D eigenvalue weighted by Crippen LogP contribution is -2.61. The van der Waals surface area contributed by atoms with E-state index >= 15 is 0 Å². The van der Waals surface area contributed by atoms with E-state index in [9.17, 15) is 39.9 Å². The Morgan fingerprint density at radius 2 is 1.47 bits per heavy atom. The number of hydrogen-bond acceptors (Lipinski definition) is 10. The van der Waals surface area contributed by atoms with Gasteiger partial charge in [0.25, 0.3) is 5.91 Å². The molecule has 0 spiro atoms. The average molecular weight is 824 g/mol. The number of Topliss-reactive ketones (excluding diaryl/α,β-unsaturated/α-hetero) is 1. The van der Waals surface area contributed by atoms with Crippen molar-refractivity contribution in [3.05, 3.63) is 108 Å². The van der Waals surface area contributed by atoms with E-state index in [-0.39, 0.29) is 29.7 Å². The number of nitrogens with zero attached hydrogens (tertiary/aromatic N) is 1. The van der Waals surface area contributed by atoms with Gasteiger partial charge in [-0.2, -0.15) is 0 Å². The molecule has 9 atom stereocenters. The number of allylic oxidation sites excluding steroid dienone is 15. The Kier molecular flexibility index (Phi) is 26.2. The fraction of sp³-hybridized carbons (Fsp3) is 0.522. The first-order valence-electron chi connectivity index (χ1n) is 20.4. The Bertz CT molecular complexity index is 1620. The summed E-state index contributed by atoms with van der Waals surface area (Å²) in [5, 5.41) is 53.2. The molecule has 1 aliphatic heterocycles. The number of nitrogens with two attached hydrogens (primary N) is 1. The lowest BCUT2D eigenvalue weighted by Gasteiger charge is -2.40. The Morgan fingerprint density at radius 1 is 0.831 bits per heavy atom. The predicted molar refractivity (Wildman–Crippen MR) is 233 cm³/mol. The molecule has 0 saturated carbocycles. The highest BCUT2D eigenvalue weighted by Crippen LogP contribution is 2.29. The fourth-order valence-electron chi connectivity index (χ4n) is 6.04. The largest absolute Gasteiger partial charge is 0.510 e. The molecule has 0 aromatic heterocycles. The third-order valence-electron chi connectivity index (χ3n) is 9.50. The number of carbonyl (C=O) groups excluding carboxylic acids is 2. The molecule has 1 aliphatic rings. The predicted octanol–water partition coefficient (Wildman–Crippen LogP) is 6.61. The van der Waals surface area contributed by atoms with E-state index in [4.69, 9.17) is 15.2 Å². The van der Waals surface area contributed by atoms with E-state index in [0.717, 1.165) is 50.6 Å². The van der Waals surface area contributed by atoms with E-state index < -0.39 is 54.5 Å². The van der Waals surface area contributed by atoms with Gasteiger partial charge in [-0.05, 0) is 69.8 Å². The van der Waals surface area contributed by atoms with Crippen molar-refractivity contribution >= 4 is 24.0 Å². The maximum atomic E-state index is 12.4. The number of unbranched alkanes of at least 4 members (excludes halogenated alkanes) is 2. The Balaban J connectivity index is 2.96. The quantitative estimate of drug-likeness (QED) is 0.00935. The Hall–Kier alpha value is -4.66. The second-order valence-corrected chi connectivity index (χ2v) is 14.9. The molecule has 1 rings (SSSR count). The SMILES string of the molecule is CC/C(O)=C(/NC(=O)/C(C)=C/C=C/C=C/C=C/C=C/C(C)C(OC1OC(C(=O)O)C(O)C(O)C1O)/C(C)=C/C(C)CCC/C=C/C(C)C/C=C/CCCN=CN)C(C)=O. The number of rotatable bonds is 26. The summed E-state index contributed by atoms with van der Waals surface area (Å²) >= 11 is 0. The molecular formula is C46H69N3O10. The second-order valence-electron chi connectivity index (χ2n) is 14.9. The zero-order chi connectivity index (χ0) is 44.3. The van der Waals surface area contributed by atoms with E-state index in [0.29, 0.717) is 11.5 Å². The molecule has 0 radical (unpaired) electrons. The molecule has 1 amide bonds. The molecule has 1 heterocycles. The van der Waals surface area contributed by atoms with Crippen LogP contribution < -0.4 is 11.1 Å². The van der Waals surface area contributed by atoms with Crippen molar-refractivity contribution in [3.63, 3.8) is 0 Å². The van der Waals surface area contributed by atoms with E-state index in [1.165, 1.54) is 13.3 Å². The van der Waals surface area contributed by atoms with Gasteiger partial charge in [0.2, 0.25) is 0 Å². The van der Waals surface area contributed by atoms with Gasteiger partial charge in [0.15, 0.2) is 18.2 Å². The summed E-state index contributed by atoms with van der Waals surface area (Å²) in [6.07, 6.45) is 24.9.